The summed E-state index contributed by atoms with van der Waals surface area (Å²) in [5.41, 5.74) is -2.88. The van der Waals surface area contributed by atoms with Crippen molar-refractivity contribution < 1.29 is 23.0 Å². The van der Waals surface area contributed by atoms with Gasteiger partial charge in [-0.2, -0.15) is 13.2 Å². The maximum atomic E-state index is 14.3. The van der Waals surface area contributed by atoms with Crippen molar-refractivity contribution in [3.05, 3.63) is 53.1 Å². The lowest BCUT2D eigenvalue weighted by Gasteiger charge is -2.34. The number of benzene rings is 2. The molecule has 1 atom stereocenters. The van der Waals surface area contributed by atoms with Crippen LogP contribution in [-0.4, -0.2) is 49.5 Å². The zero-order chi connectivity index (χ0) is 21.8. The Kier molecular flexibility index (Phi) is 7.24. The highest BCUT2D eigenvalue weighted by atomic mass is 32.2. The summed E-state index contributed by atoms with van der Waals surface area (Å²) in [5, 5.41) is 11.1. The molecule has 0 aliphatic carbocycles. The second-order valence-electron chi connectivity index (χ2n) is 6.57. The molecule has 158 valence electrons. The summed E-state index contributed by atoms with van der Waals surface area (Å²) >= 11 is 1.14. The maximum absolute atomic E-state index is 14.3. The Bertz CT molecular complexity index is 887. The fourth-order valence-electron chi connectivity index (χ4n) is 2.90. The molecule has 1 unspecified atom stereocenters. The lowest BCUT2D eigenvalue weighted by Crippen LogP contribution is -2.44. The average Bonchev–Trinajstić information content (AvgIpc) is 2.70. The van der Waals surface area contributed by atoms with Gasteiger partial charge in [0.05, 0.1) is 19.1 Å². The zero-order valence-electron chi connectivity index (χ0n) is 17.0. The Morgan fingerprint density at radius 2 is 1.86 bits per heavy atom. The minimum atomic E-state index is -4.97. The molecule has 0 aliphatic rings. The van der Waals surface area contributed by atoms with Crippen LogP contribution in [0.2, 0.25) is 0 Å². The predicted molar refractivity (Wildman–Crippen MR) is 111 cm³/mol. The van der Waals surface area contributed by atoms with E-state index in [0.29, 0.717) is 16.1 Å². The van der Waals surface area contributed by atoms with Crippen molar-refractivity contribution in [2.24, 2.45) is 4.99 Å². The number of alkyl halides is 3. The SMILES string of the molecule is CCN(C)/C=N/c1cc(OC)c(C(O)(c2ccccc2SC)C(F)(F)F)cc1C. The van der Waals surface area contributed by atoms with Crippen LogP contribution in [0.15, 0.2) is 46.3 Å². The summed E-state index contributed by atoms with van der Waals surface area (Å²) in [6, 6.07) is 8.66. The minimum absolute atomic E-state index is 0.0855. The van der Waals surface area contributed by atoms with Gasteiger partial charge in [0, 0.05) is 35.7 Å². The summed E-state index contributed by atoms with van der Waals surface area (Å²) in [5.74, 6) is -0.0855. The number of nitrogens with zero attached hydrogens (tertiary/aromatic N) is 2. The summed E-state index contributed by atoms with van der Waals surface area (Å²) < 4.78 is 48.1. The van der Waals surface area contributed by atoms with E-state index in [-0.39, 0.29) is 16.9 Å². The summed E-state index contributed by atoms with van der Waals surface area (Å²) in [6.07, 6.45) is -1.70. The standard InChI is InChI=1S/C21H25F3N2O2S/c1-6-26(3)13-25-17-12-18(28-4)16(11-14(17)2)20(27,21(22,23)24)15-9-7-8-10-19(15)29-5/h7-13,27H,6H2,1-5H3/b25-13+. The van der Waals surface area contributed by atoms with Gasteiger partial charge in [0.25, 0.3) is 0 Å². The average molecular weight is 427 g/mol. The Balaban J connectivity index is 2.76. The lowest BCUT2D eigenvalue weighted by atomic mass is 9.84. The molecule has 0 spiro atoms. The van der Waals surface area contributed by atoms with E-state index in [4.69, 9.17) is 4.74 Å². The smallest absolute Gasteiger partial charge is 0.425 e. The molecular weight excluding hydrogens is 401 g/mol. The monoisotopic (exact) mass is 426 g/mol. The van der Waals surface area contributed by atoms with Gasteiger partial charge in [-0.25, -0.2) is 4.99 Å². The number of ether oxygens (including phenoxy) is 1. The molecule has 0 bridgehead atoms. The van der Waals surface area contributed by atoms with Crippen LogP contribution in [-0.2, 0) is 5.60 Å². The minimum Gasteiger partial charge on any atom is -0.496 e. The Labute approximate surface area is 173 Å². The van der Waals surface area contributed by atoms with E-state index in [1.165, 1.54) is 31.4 Å². The van der Waals surface area contributed by atoms with Gasteiger partial charge in [0.2, 0.25) is 5.60 Å². The molecule has 2 rings (SSSR count). The molecule has 0 heterocycles. The first-order valence-corrected chi connectivity index (χ1v) is 10.2. The summed E-state index contributed by atoms with van der Waals surface area (Å²) in [6.45, 7) is 4.34. The maximum Gasteiger partial charge on any atom is 0.425 e. The fourth-order valence-corrected chi connectivity index (χ4v) is 3.55. The van der Waals surface area contributed by atoms with E-state index in [9.17, 15) is 18.3 Å². The Hall–Kier alpha value is -2.19. The van der Waals surface area contributed by atoms with Crippen LogP contribution < -0.4 is 4.74 Å². The summed E-state index contributed by atoms with van der Waals surface area (Å²) in [4.78, 5) is 6.50. The number of hydrogen-bond acceptors (Lipinski definition) is 4. The van der Waals surface area contributed by atoms with Crippen LogP contribution in [0.1, 0.15) is 23.6 Å². The molecule has 0 aliphatic heterocycles. The van der Waals surface area contributed by atoms with Crippen LogP contribution >= 0.6 is 11.8 Å². The van der Waals surface area contributed by atoms with Gasteiger partial charge in [-0.3, -0.25) is 0 Å². The molecule has 4 nitrogen and oxygen atoms in total. The molecule has 2 aromatic rings. The first kappa shape index (κ1) is 23.1. The van der Waals surface area contributed by atoms with Crippen molar-refractivity contribution in [3.8, 4) is 5.75 Å². The third-order valence-electron chi connectivity index (χ3n) is 4.71. The highest BCUT2D eigenvalue weighted by Gasteiger charge is 2.58. The van der Waals surface area contributed by atoms with Gasteiger partial charge in [0.1, 0.15) is 5.75 Å². The highest BCUT2D eigenvalue weighted by molar-refractivity contribution is 7.98. The number of halogens is 3. The molecular formula is C21H25F3N2O2S. The van der Waals surface area contributed by atoms with Gasteiger partial charge >= 0.3 is 6.18 Å². The van der Waals surface area contributed by atoms with E-state index in [1.807, 2.05) is 18.9 Å². The highest BCUT2D eigenvalue weighted by Crippen LogP contribution is 2.50. The third-order valence-corrected chi connectivity index (χ3v) is 5.50. The summed E-state index contributed by atoms with van der Waals surface area (Å²) in [7, 11) is 3.11. The molecule has 8 heteroatoms. The van der Waals surface area contributed by atoms with Gasteiger partial charge < -0.3 is 14.7 Å². The van der Waals surface area contributed by atoms with Crippen molar-refractivity contribution in [1.29, 1.82) is 0 Å². The molecule has 0 saturated heterocycles. The Morgan fingerprint density at radius 1 is 1.21 bits per heavy atom. The zero-order valence-corrected chi connectivity index (χ0v) is 17.9. The first-order valence-electron chi connectivity index (χ1n) is 8.96. The molecule has 0 radical (unpaired) electrons. The van der Waals surface area contributed by atoms with Crippen LogP contribution in [0, 0.1) is 6.92 Å². The first-order chi connectivity index (χ1) is 13.6. The number of aliphatic hydroxyl groups is 1. The number of aryl methyl sites for hydroxylation is 1. The van der Waals surface area contributed by atoms with E-state index < -0.39 is 11.8 Å². The second kappa shape index (κ2) is 9.09. The van der Waals surface area contributed by atoms with Crippen molar-refractivity contribution in [3.63, 3.8) is 0 Å². The normalized spacial score (nSPS) is 14.1. The molecule has 0 aromatic heterocycles. The van der Waals surface area contributed by atoms with Crippen LogP contribution in [0.25, 0.3) is 0 Å². The lowest BCUT2D eigenvalue weighted by molar-refractivity contribution is -0.249. The molecule has 2 aromatic carbocycles. The van der Waals surface area contributed by atoms with Gasteiger partial charge in [-0.15, -0.1) is 11.8 Å². The van der Waals surface area contributed by atoms with Crippen molar-refractivity contribution in [2.75, 3.05) is 27.0 Å². The van der Waals surface area contributed by atoms with Crippen molar-refractivity contribution in [2.45, 2.75) is 30.5 Å². The third kappa shape index (κ3) is 4.53. The largest absolute Gasteiger partial charge is 0.496 e. The van der Waals surface area contributed by atoms with Gasteiger partial charge in [-0.05, 0) is 37.8 Å². The number of aliphatic imine (C=N–C) groups is 1. The fraction of sp³-hybridized carbons (Fsp3) is 0.381. The molecule has 0 saturated carbocycles. The van der Waals surface area contributed by atoms with E-state index in [2.05, 4.69) is 4.99 Å². The van der Waals surface area contributed by atoms with E-state index >= 15 is 0 Å². The second-order valence-corrected chi connectivity index (χ2v) is 7.41. The Morgan fingerprint density at radius 3 is 2.41 bits per heavy atom. The molecule has 0 amide bonds. The van der Waals surface area contributed by atoms with Crippen LogP contribution in [0.4, 0.5) is 18.9 Å². The predicted octanol–water partition coefficient (Wildman–Crippen LogP) is 5.14. The van der Waals surface area contributed by atoms with Gasteiger partial charge in [-0.1, -0.05) is 18.2 Å². The van der Waals surface area contributed by atoms with Crippen molar-refractivity contribution >= 4 is 23.8 Å². The van der Waals surface area contributed by atoms with E-state index in [1.54, 1.807) is 31.7 Å². The molecule has 29 heavy (non-hydrogen) atoms. The van der Waals surface area contributed by atoms with Crippen LogP contribution in [0.5, 0.6) is 5.75 Å². The number of thioether (sulfide) groups is 1. The number of methoxy groups -OCH3 is 1. The van der Waals surface area contributed by atoms with Crippen molar-refractivity contribution in [1.82, 2.24) is 4.90 Å². The molecule has 0 fully saturated rings. The number of rotatable bonds is 7. The van der Waals surface area contributed by atoms with E-state index in [0.717, 1.165) is 18.3 Å². The topological polar surface area (TPSA) is 45.1 Å². The van der Waals surface area contributed by atoms with Crippen LogP contribution in [0.3, 0.4) is 0 Å². The van der Waals surface area contributed by atoms with Gasteiger partial charge in [0.15, 0.2) is 0 Å². The molecule has 1 N–H and O–H groups in total. The number of hydrogen-bond donors (Lipinski definition) is 1. The quantitative estimate of drug-likeness (QED) is 0.379.